The molecule has 0 radical (unpaired) electrons. The molecule has 1 saturated heterocycles. The van der Waals surface area contributed by atoms with Crippen LogP contribution in [0.25, 0.3) is 22.0 Å². The Morgan fingerprint density at radius 3 is 2.49 bits per heavy atom. The smallest absolute Gasteiger partial charge is 0.250 e. The number of H-pyrrole nitrogens is 1. The lowest BCUT2D eigenvalue weighted by atomic mass is 9.89. The average molecular weight is 525 g/mol. The molecule has 3 aromatic rings. The van der Waals surface area contributed by atoms with Crippen molar-refractivity contribution < 1.29 is 13.2 Å². The first kappa shape index (κ1) is 27.4. The second-order valence-corrected chi connectivity index (χ2v) is 12.4. The molecule has 1 aliphatic heterocycles. The predicted octanol–water partition coefficient (Wildman–Crippen LogP) is 4.82. The van der Waals surface area contributed by atoms with Crippen LogP contribution in [0, 0.1) is 5.92 Å². The lowest BCUT2D eigenvalue weighted by molar-refractivity contribution is 0.100. The van der Waals surface area contributed by atoms with E-state index in [9.17, 15) is 13.2 Å². The molecular weight excluding hydrogens is 484 g/mol. The van der Waals surface area contributed by atoms with Gasteiger partial charge in [-0.15, -0.1) is 0 Å². The topological polar surface area (TPSA) is 108 Å². The van der Waals surface area contributed by atoms with E-state index in [2.05, 4.69) is 54.5 Å². The zero-order valence-electron chi connectivity index (χ0n) is 22.2. The minimum absolute atomic E-state index is 0.147. The molecule has 4 rings (SSSR count). The SMILES string of the molecule is CCC(CC)NCc1cccc(-c2cc(C(N)=O)c3[nH]cc(CC4CCN(S(=O)(=O)CC)CC4)c3c2)c1. The number of piperidine rings is 1. The molecule has 8 heteroatoms. The van der Waals surface area contributed by atoms with E-state index in [1.807, 2.05) is 12.3 Å². The predicted molar refractivity (Wildman–Crippen MR) is 151 cm³/mol. The van der Waals surface area contributed by atoms with Gasteiger partial charge >= 0.3 is 0 Å². The van der Waals surface area contributed by atoms with E-state index in [0.717, 1.165) is 66.2 Å². The maximum absolute atomic E-state index is 12.4. The van der Waals surface area contributed by atoms with Crippen LogP contribution in [-0.2, 0) is 23.0 Å². The third-order valence-electron chi connectivity index (χ3n) is 7.82. The van der Waals surface area contributed by atoms with E-state index in [1.165, 1.54) is 5.56 Å². The summed E-state index contributed by atoms with van der Waals surface area (Å²) in [6.07, 6.45) is 6.67. The van der Waals surface area contributed by atoms with Gasteiger partial charge in [-0.25, -0.2) is 12.7 Å². The number of aromatic amines is 1. The summed E-state index contributed by atoms with van der Waals surface area (Å²) in [5.74, 6) is 0.0840. The zero-order valence-corrected chi connectivity index (χ0v) is 23.0. The number of hydrogen-bond acceptors (Lipinski definition) is 4. The van der Waals surface area contributed by atoms with Crippen molar-refractivity contribution in [3.05, 3.63) is 59.3 Å². The summed E-state index contributed by atoms with van der Waals surface area (Å²) in [6, 6.07) is 13.0. The number of amides is 1. The van der Waals surface area contributed by atoms with E-state index >= 15 is 0 Å². The minimum Gasteiger partial charge on any atom is -0.366 e. The van der Waals surface area contributed by atoms with Crippen molar-refractivity contribution in [3.8, 4) is 11.1 Å². The van der Waals surface area contributed by atoms with Gasteiger partial charge < -0.3 is 16.0 Å². The normalized spacial score (nSPS) is 15.6. The Morgan fingerprint density at radius 2 is 1.84 bits per heavy atom. The van der Waals surface area contributed by atoms with Crippen molar-refractivity contribution in [1.29, 1.82) is 0 Å². The summed E-state index contributed by atoms with van der Waals surface area (Å²) >= 11 is 0. The maximum Gasteiger partial charge on any atom is 0.250 e. The highest BCUT2D eigenvalue weighted by Crippen LogP contribution is 2.33. The Bertz CT molecular complexity index is 1340. The van der Waals surface area contributed by atoms with Crippen molar-refractivity contribution in [3.63, 3.8) is 0 Å². The monoisotopic (exact) mass is 524 g/mol. The Balaban J connectivity index is 1.59. The number of sulfonamides is 1. The van der Waals surface area contributed by atoms with E-state index < -0.39 is 15.9 Å². The molecule has 1 amide bonds. The molecule has 1 aromatic heterocycles. The largest absolute Gasteiger partial charge is 0.366 e. The summed E-state index contributed by atoms with van der Waals surface area (Å²) in [5.41, 5.74) is 11.4. The van der Waals surface area contributed by atoms with Crippen LogP contribution in [0.5, 0.6) is 0 Å². The summed E-state index contributed by atoms with van der Waals surface area (Å²) in [6.45, 7) is 8.02. The van der Waals surface area contributed by atoms with Gasteiger partial charge in [-0.3, -0.25) is 4.79 Å². The summed E-state index contributed by atoms with van der Waals surface area (Å²) in [7, 11) is -3.14. The van der Waals surface area contributed by atoms with Crippen LogP contribution in [0.4, 0.5) is 0 Å². The molecule has 0 aliphatic carbocycles. The first-order valence-electron chi connectivity index (χ1n) is 13.5. The molecule has 0 bridgehead atoms. The Morgan fingerprint density at radius 1 is 1.11 bits per heavy atom. The molecular formula is C29H40N4O3S. The summed E-state index contributed by atoms with van der Waals surface area (Å²) in [5, 5.41) is 4.63. The first-order chi connectivity index (χ1) is 17.7. The minimum atomic E-state index is -3.14. The van der Waals surface area contributed by atoms with Crippen LogP contribution in [0.15, 0.2) is 42.6 Å². The van der Waals surface area contributed by atoms with E-state index in [4.69, 9.17) is 5.73 Å². The second kappa shape index (κ2) is 11.8. The number of nitrogens with one attached hydrogen (secondary N) is 2. The molecule has 0 atom stereocenters. The number of carbonyl (C=O) groups is 1. The van der Waals surface area contributed by atoms with E-state index in [-0.39, 0.29) is 5.75 Å². The number of primary amides is 1. The van der Waals surface area contributed by atoms with Crippen LogP contribution < -0.4 is 11.1 Å². The number of carbonyl (C=O) groups excluding carboxylic acids is 1. The molecule has 2 heterocycles. The second-order valence-electron chi connectivity index (χ2n) is 10.2. The molecule has 0 unspecified atom stereocenters. The van der Waals surface area contributed by atoms with Gasteiger partial charge in [0.2, 0.25) is 10.0 Å². The Hall–Kier alpha value is -2.68. The average Bonchev–Trinajstić information content (AvgIpc) is 3.31. The molecule has 1 fully saturated rings. The van der Waals surface area contributed by atoms with Gasteiger partial charge in [0, 0.05) is 37.3 Å². The summed E-state index contributed by atoms with van der Waals surface area (Å²) in [4.78, 5) is 15.7. The standard InChI is InChI=1S/C29H40N4O3S/c1-4-25(5-2)31-18-21-8-7-9-22(15-21)23-16-26-24(19-32-28(26)27(17-23)29(30)34)14-20-10-12-33(13-11-20)37(35,36)6-3/h7-9,15-17,19-20,25,31-32H,4-6,10-14,18H2,1-3H3,(H2,30,34). The number of nitrogens with two attached hydrogens (primary N) is 1. The molecule has 0 saturated carbocycles. The number of hydrogen-bond donors (Lipinski definition) is 3. The molecule has 4 N–H and O–H groups in total. The van der Waals surface area contributed by atoms with Crippen molar-refractivity contribution in [1.82, 2.24) is 14.6 Å². The van der Waals surface area contributed by atoms with Crippen LogP contribution in [-0.4, -0.2) is 48.5 Å². The van der Waals surface area contributed by atoms with Crippen molar-refractivity contribution in [2.75, 3.05) is 18.8 Å². The number of rotatable bonds is 11. The number of nitrogens with zero attached hydrogens (tertiary/aromatic N) is 1. The lowest BCUT2D eigenvalue weighted by Crippen LogP contribution is -2.39. The van der Waals surface area contributed by atoms with Gasteiger partial charge in [0.05, 0.1) is 16.8 Å². The van der Waals surface area contributed by atoms with Crippen LogP contribution in [0.1, 0.15) is 67.9 Å². The molecule has 7 nitrogen and oxygen atoms in total. The molecule has 1 aliphatic rings. The summed E-state index contributed by atoms with van der Waals surface area (Å²) < 4.78 is 26.1. The van der Waals surface area contributed by atoms with Crippen molar-refractivity contribution in [2.24, 2.45) is 11.7 Å². The van der Waals surface area contributed by atoms with Crippen LogP contribution >= 0.6 is 0 Å². The number of fused-ring (bicyclic) bond motifs is 1. The van der Waals surface area contributed by atoms with E-state index in [1.54, 1.807) is 11.2 Å². The van der Waals surface area contributed by atoms with Crippen molar-refractivity contribution >= 4 is 26.8 Å². The third kappa shape index (κ3) is 6.25. The van der Waals surface area contributed by atoms with Gasteiger partial charge in [-0.1, -0.05) is 32.0 Å². The highest BCUT2D eigenvalue weighted by molar-refractivity contribution is 7.89. The van der Waals surface area contributed by atoms with Gasteiger partial charge in [0.1, 0.15) is 0 Å². The molecule has 37 heavy (non-hydrogen) atoms. The van der Waals surface area contributed by atoms with Gasteiger partial charge in [0.15, 0.2) is 0 Å². The Kier molecular flexibility index (Phi) is 8.72. The van der Waals surface area contributed by atoms with Gasteiger partial charge in [0.25, 0.3) is 5.91 Å². The molecule has 2 aromatic carbocycles. The van der Waals surface area contributed by atoms with Crippen molar-refractivity contribution in [2.45, 2.75) is 65.5 Å². The van der Waals surface area contributed by atoms with E-state index in [0.29, 0.717) is 30.6 Å². The number of aromatic nitrogens is 1. The molecule has 0 spiro atoms. The lowest BCUT2D eigenvalue weighted by Gasteiger charge is -2.30. The van der Waals surface area contributed by atoms with Crippen LogP contribution in [0.2, 0.25) is 0 Å². The fourth-order valence-corrected chi connectivity index (χ4v) is 6.54. The van der Waals surface area contributed by atoms with Gasteiger partial charge in [-0.05, 0) is 85.4 Å². The van der Waals surface area contributed by atoms with Crippen LogP contribution in [0.3, 0.4) is 0 Å². The first-order valence-corrected chi connectivity index (χ1v) is 15.1. The quantitative estimate of drug-likeness (QED) is 0.334. The number of benzene rings is 2. The fourth-order valence-electron chi connectivity index (χ4n) is 5.40. The fraction of sp³-hybridized carbons (Fsp3) is 0.483. The zero-order chi connectivity index (χ0) is 26.6. The third-order valence-corrected chi connectivity index (χ3v) is 9.70. The highest BCUT2D eigenvalue weighted by Gasteiger charge is 2.27. The maximum atomic E-state index is 12.4. The highest BCUT2D eigenvalue weighted by atomic mass is 32.2. The van der Waals surface area contributed by atoms with Gasteiger partial charge in [-0.2, -0.15) is 0 Å². The molecule has 200 valence electrons. The Labute approximate surface area is 220 Å².